The molecule has 1 amide bonds. The summed E-state index contributed by atoms with van der Waals surface area (Å²) in [6.07, 6.45) is 2.49. The lowest BCUT2D eigenvalue weighted by atomic mass is 9.92. The molecule has 0 saturated heterocycles. The average molecular weight is 463 g/mol. The summed E-state index contributed by atoms with van der Waals surface area (Å²) in [7, 11) is -1.21. The molecule has 174 valence electrons. The van der Waals surface area contributed by atoms with Crippen molar-refractivity contribution in [2.75, 3.05) is 25.1 Å². The van der Waals surface area contributed by atoms with Crippen molar-refractivity contribution in [2.45, 2.75) is 49.6 Å². The second kappa shape index (κ2) is 10.2. The fourth-order valence-electron chi connectivity index (χ4n) is 3.79. The molecule has 2 N–H and O–H groups in total. The minimum absolute atomic E-state index is 0.0266. The van der Waals surface area contributed by atoms with E-state index in [4.69, 9.17) is 9.47 Å². The fourth-order valence-corrected chi connectivity index (χ4v) is 5.23. The zero-order chi connectivity index (χ0) is 23.3. The molecule has 2 atom stereocenters. The highest BCUT2D eigenvalue weighted by molar-refractivity contribution is 7.92. The van der Waals surface area contributed by atoms with E-state index in [0.717, 1.165) is 22.7 Å². The van der Waals surface area contributed by atoms with Gasteiger partial charge in [0.05, 0.1) is 36.9 Å². The summed E-state index contributed by atoms with van der Waals surface area (Å²) in [5, 5.41) is 13.0. The Morgan fingerprint density at radius 1 is 1.06 bits per heavy atom. The Morgan fingerprint density at radius 2 is 1.72 bits per heavy atom. The SMILES string of the molecule is COc1ccc(S(=O)(=O)N(CC(=O)NC2CCCCC2O)c2ccc(C)cc2)cc1OC. The van der Waals surface area contributed by atoms with E-state index in [0.29, 0.717) is 24.3 Å². The highest BCUT2D eigenvalue weighted by Gasteiger charge is 2.30. The third-order valence-electron chi connectivity index (χ3n) is 5.63. The second-order valence-electron chi connectivity index (χ2n) is 7.89. The molecular formula is C23H30N2O6S. The van der Waals surface area contributed by atoms with Gasteiger partial charge in [-0.1, -0.05) is 30.5 Å². The second-order valence-corrected chi connectivity index (χ2v) is 9.75. The number of carbonyl (C=O) groups excluding carboxylic acids is 1. The van der Waals surface area contributed by atoms with Crippen molar-refractivity contribution >= 4 is 21.6 Å². The Bertz CT molecular complexity index is 1040. The van der Waals surface area contributed by atoms with Crippen molar-refractivity contribution in [1.82, 2.24) is 5.32 Å². The van der Waals surface area contributed by atoms with Gasteiger partial charge in [-0.25, -0.2) is 8.42 Å². The van der Waals surface area contributed by atoms with Crippen LogP contribution in [-0.2, 0) is 14.8 Å². The molecule has 0 spiro atoms. The number of ether oxygens (including phenoxy) is 2. The van der Waals surface area contributed by atoms with Crippen LogP contribution in [0.4, 0.5) is 5.69 Å². The van der Waals surface area contributed by atoms with E-state index in [-0.39, 0.29) is 16.7 Å². The highest BCUT2D eigenvalue weighted by atomic mass is 32.2. The molecule has 2 unspecified atom stereocenters. The summed E-state index contributed by atoms with van der Waals surface area (Å²) in [6, 6.07) is 10.8. The van der Waals surface area contributed by atoms with Crippen molar-refractivity contribution in [2.24, 2.45) is 0 Å². The first kappa shape index (κ1) is 23.9. The number of hydrogen-bond donors (Lipinski definition) is 2. The maximum Gasteiger partial charge on any atom is 0.264 e. The maximum atomic E-state index is 13.6. The van der Waals surface area contributed by atoms with Gasteiger partial charge in [0.2, 0.25) is 5.91 Å². The first-order chi connectivity index (χ1) is 15.3. The predicted octanol–water partition coefficient (Wildman–Crippen LogP) is 2.63. The van der Waals surface area contributed by atoms with Gasteiger partial charge >= 0.3 is 0 Å². The van der Waals surface area contributed by atoms with Crippen molar-refractivity contribution < 1.29 is 27.8 Å². The first-order valence-electron chi connectivity index (χ1n) is 10.5. The average Bonchev–Trinajstić information content (AvgIpc) is 2.79. The van der Waals surface area contributed by atoms with Crippen LogP contribution in [0.3, 0.4) is 0 Å². The number of carbonyl (C=O) groups is 1. The third-order valence-corrected chi connectivity index (χ3v) is 7.40. The molecular weight excluding hydrogens is 432 g/mol. The summed E-state index contributed by atoms with van der Waals surface area (Å²) in [4.78, 5) is 12.8. The monoisotopic (exact) mass is 462 g/mol. The molecule has 0 bridgehead atoms. The lowest BCUT2D eigenvalue weighted by Gasteiger charge is -2.30. The van der Waals surface area contributed by atoms with Crippen LogP contribution >= 0.6 is 0 Å². The topological polar surface area (TPSA) is 105 Å². The largest absolute Gasteiger partial charge is 0.493 e. The summed E-state index contributed by atoms with van der Waals surface area (Å²) in [5.41, 5.74) is 1.33. The van der Waals surface area contributed by atoms with E-state index in [1.54, 1.807) is 24.3 Å². The van der Waals surface area contributed by atoms with Gasteiger partial charge in [-0.2, -0.15) is 0 Å². The Kier molecular flexibility index (Phi) is 7.63. The van der Waals surface area contributed by atoms with Gasteiger partial charge < -0.3 is 19.9 Å². The van der Waals surface area contributed by atoms with E-state index in [9.17, 15) is 18.3 Å². The molecule has 1 fully saturated rings. The molecule has 1 saturated carbocycles. The predicted molar refractivity (Wildman–Crippen MR) is 122 cm³/mol. The normalized spacial score (nSPS) is 18.6. The molecule has 9 heteroatoms. The zero-order valence-electron chi connectivity index (χ0n) is 18.6. The molecule has 1 aliphatic rings. The first-order valence-corrected chi connectivity index (χ1v) is 12.0. The number of rotatable bonds is 8. The number of sulfonamides is 1. The number of hydrogen-bond acceptors (Lipinski definition) is 6. The number of nitrogens with one attached hydrogen (secondary N) is 1. The molecule has 0 aromatic heterocycles. The van der Waals surface area contributed by atoms with Crippen molar-refractivity contribution in [1.29, 1.82) is 0 Å². The van der Waals surface area contributed by atoms with E-state index >= 15 is 0 Å². The Labute approximate surface area is 189 Å². The summed E-state index contributed by atoms with van der Waals surface area (Å²) < 4.78 is 38.7. The number of methoxy groups -OCH3 is 2. The van der Waals surface area contributed by atoms with Crippen molar-refractivity contribution in [3.05, 3.63) is 48.0 Å². The van der Waals surface area contributed by atoms with Gasteiger partial charge in [0.25, 0.3) is 10.0 Å². The summed E-state index contributed by atoms with van der Waals surface area (Å²) >= 11 is 0. The van der Waals surface area contributed by atoms with Crippen LogP contribution in [-0.4, -0.2) is 52.3 Å². The van der Waals surface area contributed by atoms with Crippen LogP contribution in [0, 0.1) is 6.92 Å². The molecule has 1 aliphatic carbocycles. The van der Waals surface area contributed by atoms with Gasteiger partial charge in [0.15, 0.2) is 11.5 Å². The summed E-state index contributed by atoms with van der Waals surface area (Å²) in [5.74, 6) is 0.199. The molecule has 3 rings (SSSR count). The number of anilines is 1. The Balaban J connectivity index is 1.93. The molecule has 2 aromatic rings. The van der Waals surface area contributed by atoms with Crippen LogP contribution in [0.25, 0.3) is 0 Å². The van der Waals surface area contributed by atoms with Gasteiger partial charge in [0.1, 0.15) is 6.54 Å². The van der Waals surface area contributed by atoms with E-state index in [1.165, 1.54) is 32.4 Å². The van der Waals surface area contributed by atoms with E-state index < -0.39 is 28.6 Å². The fraction of sp³-hybridized carbons (Fsp3) is 0.435. The van der Waals surface area contributed by atoms with Crippen molar-refractivity contribution in [3.63, 3.8) is 0 Å². The zero-order valence-corrected chi connectivity index (χ0v) is 19.4. The van der Waals surface area contributed by atoms with Crippen LogP contribution in [0.15, 0.2) is 47.4 Å². The minimum atomic E-state index is -4.10. The molecule has 0 radical (unpaired) electrons. The summed E-state index contributed by atoms with van der Waals surface area (Å²) in [6.45, 7) is 1.48. The number of benzene rings is 2. The van der Waals surface area contributed by atoms with Crippen LogP contribution in [0.5, 0.6) is 11.5 Å². The van der Waals surface area contributed by atoms with Gasteiger partial charge in [-0.05, 0) is 44.0 Å². The molecule has 8 nitrogen and oxygen atoms in total. The van der Waals surface area contributed by atoms with Crippen LogP contribution < -0.4 is 19.1 Å². The lowest BCUT2D eigenvalue weighted by molar-refractivity contribution is -0.121. The third kappa shape index (κ3) is 5.34. The smallest absolute Gasteiger partial charge is 0.264 e. The van der Waals surface area contributed by atoms with E-state index in [2.05, 4.69) is 5.32 Å². The number of aryl methyl sites for hydroxylation is 1. The quantitative estimate of drug-likeness (QED) is 0.625. The lowest BCUT2D eigenvalue weighted by Crippen LogP contribution is -2.49. The van der Waals surface area contributed by atoms with Crippen molar-refractivity contribution in [3.8, 4) is 11.5 Å². The maximum absolute atomic E-state index is 13.6. The van der Waals surface area contributed by atoms with E-state index in [1.807, 2.05) is 6.92 Å². The van der Waals surface area contributed by atoms with Crippen LogP contribution in [0.1, 0.15) is 31.2 Å². The number of aliphatic hydroxyl groups is 1. The Morgan fingerprint density at radius 3 is 2.34 bits per heavy atom. The van der Waals surface area contributed by atoms with Gasteiger partial charge in [-0.15, -0.1) is 0 Å². The molecule has 0 aliphatic heterocycles. The number of nitrogens with zero attached hydrogens (tertiary/aromatic N) is 1. The standard InChI is InChI=1S/C23H30N2O6S/c1-16-8-10-17(11-9-16)25(15-23(27)24-19-6-4-5-7-20(19)26)32(28,29)18-12-13-21(30-2)22(14-18)31-3/h8-14,19-20,26H,4-7,15H2,1-3H3,(H,24,27). The van der Waals surface area contributed by atoms with Crippen LogP contribution in [0.2, 0.25) is 0 Å². The Hall–Kier alpha value is -2.78. The minimum Gasteiger partial charge on any atom is -0.493 e. The number of aliphatic hydroxyl groups excluding tert-OH is 1. The van der Waals surface area contributed by atoms with Gasteiger partial charge in [0, 0.05) is 6.07 Å². The molecule has 0 heterocycles. The molecule has 2 aromatic carbocycles. The number of amides is 1. The highest BCUT2D eigenvalue weighted by Crippen LogP contribution is 2.32. The van der Waals surface area contributed by atoms with Gasteiger partial charge in [-0.3, -0.25) is 9.10 Å². The molecule has 32 heavy (non-hydrogen) atoms.